The molecule has 28 heavy (non-hydrogen) atoms. The van der Waals surface area contributed by atoms with Gasteiger partial charge in [-0.15, -0.1) is 0 Å². The summed E-state index contributed by atoms with van der Waals surface area (Å²) >= 11 is 0. The largest absolute Gasteiger partial charge is 0.493 e. The first kappa shape index (κ1) is 18.5. The highest BCUT2D eigenvalue weighted by molar-refractivity contribution is 5.96. The Labute approximate surface area is 165 Å². The first-order valence-electron chi connectivity index (χ1n) is 9.89. The van der Waals surface area contributed by atoms with E-state index in [2.05, 4.69) is 29.6 Å². The smallest absolute Gasteiger partial charge is 0.250 e. The fourth-order valence-electron chi connectivity index (χ4n) is 3.91. The van der Waals surface area contributed by atoms with Crippen LogP contribution >= 0.6 is 0 Å². The van der Waals surface area contributed by atoms with Crippen molar-refractivity contribution in [1.29, 1.82) is 0 Å². The molecule has 1 aliphatic carbocycles. The SMILES string of the molecule is O=C(CO)Nc1ccc2ccc(-c3ccccc3OCC3CCCC3)cc2c1. The van der Waals surface area contributed by atoms with E-state index in [1.54, 1.807) is 0 Å². The Morgan fingerprint density at radius 1 is 1.00 bits per heavy atom. The summed E-state index contributed by atoms with van der Waals surface area (Å²) in [4.78, 5) is 11.5. The molecule has 0 unspecified atom stereocenters. The molecule has 1 saturated carbocycles. The quantitative estimate of drug-likeness (QED) is 0.637. The fraction of sp³-hybridized carbons (Fsp3) is 0.292. The van der Waals surface area contributed by atoms with Crippen LogP contribution in [0.25, 0.3) is 21.9 Å². The molecule has 2 N–H and O–H groups in total. The Hall–Kier alpha value is -2.85. The molecule has 144 valence electrons. The van der Waals surface area contributed by atoms with Gasteiger partial charge in [-0.05, 0) is 59.4 Å². The predicted molar refractivity (Wildman–Crippen MR) is 113 cm³/mol. The van der Waals surface area contributed by atoms with Crippen molar-refractivity contribution in [2.45, 2.75) is 25.7 Å². The molecule has 4 nitrogen and oxygen atoms in total. The van der Waals surface area contributed by atoms with Gasteiger partial charge in [0.1, 0.15) is 12.4 Å². The lowest BCUT2D eigenvalue weighted by Crippen LogP contribution is -2.15. The van der Waals surface area contributed by atoms with Crippen molar-refractivity contribution in [3.63, 3.8) is 0 Å². The summed E-state index contributed by atoms with van der Waals surface area (Å²) in [5.41, 5.74) is 2.84. The molecule has 0 radical (unpaired) electrons. The van der Waals surface area contributed by atoms with E-state index in [1.807, 2.05) is 36.4 Å². The van der Waals surface area contributed by atoms with Crippen molar-refractivity contribution in [1.82, 2.24) is 0 Å². The number of anilines is 1. The van der Waals surface area contributed by atoms with Gasteiger partial charge in [0, 0.05) is 11.3 Å². The van der Waals surface area contributed by atoms with E-state index in [0.717, 1.165) is 34.3 Å². The van der Waals surface area contributed by atoms with Crippen molar-refractivity contribution < 1.29 is 14.6 Å². The molecular formula is C24H25NO3. The van der Waals surface area contributed by atoms with Crippen LogP contribution in [0.2, 0.25) is 0 Å². The molecule has 0 aliphatic heterocycles. The summed E-state index contributed by atoms with van der Waals surface area (Å²) in [6.07, 6.45) is 5.16. The van der Waals surface area contributed by atoms with Crippen LogP contribution in [-0.2, 0) is 4.79 Å². The van der Waals surface area contributed by atoms with E-state index >= 15 is 0 Å². The maximum atomic E-state index is 11.5. The zero-order chi connectivity index (χ0) is 19.3. The van der Waals surface area contributed by atoms with Gasteiger partial charge in [-0.1, -0.05) is 49.2 Å². The van der Waals surface area contributed by atoms with E-state index in [0.29, 0.717) is 11.6 Å². The number of hydrogen-bond acceptors (Lipinski definition) is 3. The fourth-order valence-corrected chi connectivity index (χ4v) is 3.91. The number of carbonyl (C=O) groups excluding carboxylic acids is 1. The lowest BCUT2D eigenvalue weighted by atomic mass is 10.00. The van der Waals surface area contributed by atoms with Crippen LogP contribution in [0.15, 0.2) is 60.7 Å². The van der Waals surface area contributed by atoms with Gasteiger partial charge in [-0.2, -0.15) is 0 Å². The molecular weight excluding hydrogens is 350 g/mol. The summed E-state index contributed by atoms with van der Waals surface area (Å²) in [5, 5.41) is 13.7. The molecule has 3 aromatic carbocycles. The van der Waals surface area contributed by atoms with Crippen LogP contribution in [0, 0.1) is 5.92 Å². The zero-order valence-electron chi connectivity index (χ0n) is 15.9. The zero-order valence-corrected chi connectivity index (χ0v) is 15.9. The van der Waals surface area contributed by atoms with E-state index in [4.69, 9.17) is 9.84 Å². The average Bonchev–Trinajstić information content (AvgIpc) is 3.25. The highest BCUT2D eigenvalue weighted by Crippen LogP contribution is 2.34. The second-order valence-corrected chi connectivity index (χ2v) is 7.44. The molecule has 0 aromatic heterocycles. The van der Waals surface area contributed by atoms with E-state index in [1.165, 1.54) is 25.7 Å². The number of benzene rings is 3. The number of hydrogen-bond donors (Lipinski definition) is 2. The topological polar surface area (TPSA) is 58.6 Å². The van der Waals surface area contributed by atoms with Gasteiger partial charge in [-0.3, -0.25) is 4.79 Å². The highest BCUT2D eigenvalue weighted by Gasteiger charge is 2.16. The predicted octanol–water partition coefficient (Wildman–Crippen LogP) is 5.01. The first-order chi connectivity index (χ1) is 13.7. The molecule has 0 spiro atoms. The van der Waals surface area contributed by atoms with Crippen LogP contribution < -0.4 is 10.1 Å². The molecule has 4 heteroatoms. The molecule has 3 aromatic rings. The number of ether oxygens (including phenoxy) is 1. The van der Waals surface area contributed by atoms with Crippen molar-refractivity contribution in [3.8, 4) is 16.9 Å². The van der Waals surface area contributed by atoms with Gasteiger partial charge in [0.2, 0.25) is 5.91 Å². The summed E-state index contributed by atoms with van der Waals surface area (Å²) < 4.78 is 6.19. The highest BCUT2D eigenvalue weighted by atomic mass is 16.5. The lowest BCUT2D eigenvalue weighted by molar-refractivity contribution is -0.118. The average molecular weight is 375 g/mol. The number of aliphatic hydroxyl groups is 1. The number of nitrogens with one attached hydrogen (secondary N) is 1. The summed E-state index contributed by atoms with van der Waals surface area (Å²) in [7, 11) is 0. The van der Waals surface area contributed by atoms with Crippen LogP contribution in [0.3, 0.4) is 0 Å². The minimum atomic E-state index is -0.524. The third-order valence-corrected chi connectivity index (χ3v) is 5.41. The van der Waals surface area contributed by atoms with E-state index < -0.39 is 12.5 Å². The summed E-state index contributed by atoms with van der Waals surface area (Å²) in [6.45, 7) is 0.256. The van der Waals surface area contributed by atoms with Gasteiger partial charge in [0.15, 0.2) is 0 Å². The summed E-state index contributed by atoms with van der Waals surface area (Å²) in [5.74, 6) is 1.17. The van der Waals surface area contributed by atoms with Crippen LogP contribution in [0.1, 0.15) is 25.7 Å². The van der Waals surface area contributed by atoms with Gasteiger partial charge >= 0.3 is 0 Å². The number of carbonyl (C=O) groups is 1. The molecule has 1 aliphatic rings. The number of fused-ring (bicyclic) bond motifs is 1. The molecule has 0 heterocycles. The Morgan fingerprint density at radius 3 is 2.61 bits per heavy atom. The van der Waals surface area contributed by atoms with Crippen molar-refractivity contribution in [3.05, 3.63) is 60.7 Å². The lowest BCUT2D eigenvalue weighted by Gasteiger charge is -2.15. The number of rotatable bonds is 6. The Morgan fingerprint density at radius 2 is 1.79 bits per heavy atom. The van der Waals surface area contributed by atoms with E-state index in [9.17, 15) is 4.79 Å². The number of para-hydroxylation sites is 1. The van der Waals surface area contributed by atoms with Crippen LogP contribution in [0.5, 0.6) is 5.75 Å². The van der Waals surface area contributed by atoms with Crippen molar-refractivity contribution >= 4 is 22.4 Å². The van der Waals surface area contributed by atoms with Crippen molar-refractivity contribution in [2.24, 2.45) is 5.92 Å². The minimum absolute atomic E-state index is 0.416. The van der Waals surface area contributed by atoms with Gasteiger partial charge in [0.25, 0.3) is 0 Å². The second kappa shape index (κ2) is 8.44. The number of aliphatic hydroxyl groups excluding tert-OH is 1. The normalized spacial score (nSPS) is 14.3. The maximum Gasteiger partial charge on any atom is 0.250 e. The minimum Gasteiger partial charge on any atom is -0.493 e. The van der Waals surface area contributed by atoms with Gasteiger partial charge in [0.05, 0.1) is 6.61 Å². The van der Waals surface area contributed by atoms with Gasteiger partial charge < -0.3 is 15.2 Å². The Kier molecular flexibility index (Phi) is 5.58. The molecule has 0 saturated heterocycles. The van der Waals surface area contributed by atoms with E-state index in [-0.39, 0.29) is 0 Å². The maximum absolute atomic E-state index is 11.5. The third-order valence-electron chi connectivity index (χ3n) is 5.41. The van der Waals surface area contributed by atoms with Crippen LogP contribution in [0.4, 0.5) is 5.69 Å². The molecule has 4 rings (SSSR count). The van der Waals surface area contributed by atoms with Crippen molar-refractivity contribution in [2.75, 3.05) is 18.5 Å². The molecule has 0 atom stereocenters. The second-order valence-electron chi connectivity index (χ2n) is 7.44. The Balaban J connectivity index is 1.62. The Bertz CT molecular complexity index is 977. The standard InChI is InChI=1S/C24H25NO3/c26-15-24(27)25-21-12-11-18-9-10-19(13-20(18)14-21)22-7-3-4-8-23(22)28-16-17-5-1-2-6-17/h3-4,7-14,17,26H,1-2,5-6,15-16H2,(H,25,27). The number of amides is 1. The molecule has 0 bridgehead atoms. The van der Waals surface area contributed by atoms with Crippen LogP contribution in [-0.4, -0.2) is 24.2 Å². The first-order valence-corrected chi connectivity index (χ1v) is 9.89. The van der Waals surface area contributed by atoms with Gasteiger partial charge in [-0.25, -0.2) is 0 Å². The molecule has 1 fully saturated rings. The molecule has 1 amide bonds. The monoisotopic (exact) mass is 375 g/mol. The summed E-state index contributed by atoms with van der Waals surface area (Å²) in [6, 6.07) is 20.2. The third kappa shape index (κ3) is 4.18.